The second kappa shape index (κ2) is 12.8. The van der Waals surface area contributed by atoms with E-state index in [-0.39, 0.29) is 46.7 Å². The summed E-state index contributed by atoms with van der Waals surface area (Å²) in [7, 11) is 0. The lowest BCUT2D eigenvalue weighted by Gasteiger charge is -2.53. The Morgan fingerprint density at radius 3 is 2.26 bits per heavy atom. The first-order valence-electron chi connectivity index (χ1n) is 16.4. The van der Waals surface area contributed by atoms with Crippen molar-refractivity contribution in [1.82, 2.24) is 0 Å². The molecule has 6 atom stereocenters. The van der Waals surface area contributed by atoms with Gasteiger partial charge in [0.25, 0.3) is 0 Å². The predicted octanol–water partition coefficient (Wildman–Crippen LogP) is 9.70. The number of Topliss-reactive ketones (excluding diaryl/α,β-unsaturated/α-hetero) is 1. The average molecular weight is 631 g/mol. The maximum Gasteiger partial charge on any atom is 0.453 e. The van der Waals surface area contributed by atoms with Crippen molar-refractivity contribution in [2.24, 2.45) is 28.6 Å². The van der Waals surface area contributed by atoms with Crippen molar-refractivity contribution in [3.63, 3.8) is 0 Å². The third-order valence-electron chi connectivity index (χ3n) is 11.8. The molecule has 0 bridgehead atoms. The SMILES string of the molecule is C[C@]12CCC3c4ccc(O)cc4C(=O)C(CCCCCCCCCSCCCC(F)(F)C(F)(F)F)C3C1C[C@@H](O)C21CC1. The zero-order valence-electron chi connectivity index (χ0n) is 25.2. The first-order chi connectivity index (χ1) is 20.3. The summed E-state index contributed by atoms with van der Waals surface area (Å²) in [6, 6.07) is 5.33. The number of thioether (sulfide) groups is 1. The Kier molecular flexibility index (Phi) is 9.83. The molecule has 0 heterocycles. The highest BCUT2D eigenvalue weighted by Crippen LogP contribution is 2.76. The molecule has 3 fully saturated rings. The highest BCUT2D eigenvalue weighted by atomic mass is 32.2. The molecular weight excluding hydrogens is 583 g/mol. The largest absolute Gasteiger partial charge is 0.508 e. The standard InChI is InChI=1S/C34H47F5O3S/c1-31-15-13-24-23-12-11-22(40)20-26(23)30(42)25(29(24)27(31)21-28(41)32(31)16-17-32)10-7-5-3-2-4-6-8-18-43-19-9-14-33(35,36)34(37,38)39/h11-12,20,24-25,27-29,40-41H,2-10,13-19,21H2,1H3/t24?,25?,27?,28-,29?,31+/m1/s1. The number of benzene rings is 1. The molecule has 0 amide bonds. The lowest BCUT2D eigenvalue weighted by Crippen LogP contribution is -2.48. The summed E-state index contributed by atoms with van der Waals surface area (Å²) in [5, 5.41) is 21.3. The zero-order chi connectivity index (χ0) is 31.0. The van der Waals surface area contributed by atoms with Crippen LogP contribution >= 0.6 is 11.8 Å². The lowest BCUT2D eigenvalue weighted by molar-refractivity contribution is -0.284. The number of aromatic hydroxyl groups is 1. The van der Waals surface area contributed by atoms with Crippen molar-refractivity contribution < 1.29 is 37.0 Å². The Labute approximate surface area is 256 Å². The van der Waals surface area contributed by atoms with Gasteiger partial charge in [0.15, 0.2) is 5.78 Å². The summed E-state index contributed by atoms with van der Waals surface area (Å²) in [6.45, 7) is 2.38. The summed E-state index contributed by atoms with van der Waals surface area (Å²) < 4.78 is 62.5. The molecular formula is C34H47F5O3S. The second-order valence-corrected chi connectivity index (χ2v) is 15.3. The zero-order valence-corrected chi connectivity index (χ0v) is 26.1. The van der Waals surface area contributed by atoms with Crippen molar-refractivity contribution in [1.29, 1.82) is 0 Å². The van der Waals surface area contributed by atoms with E-state index in [2.05, 4.69) is 6.92 Å². The molecule has 0 aromatic heterocycles. The van der Waals surface area contributed by atoms with Gasteiger partial charge in [-0.05, 0) is 104 Å². The molecule has 0 radical (unpaired) electrons. The van der Waals surface area contributed by atoms with Crippen molar-refractivity contribution in [3.8, 4) is 5.75 Å². The molecule has 3 nitrogen and oxygen atoms in total. The Hall–Kier alpha value is -1.35. The van der Waals surface area contributed by atoms with Gasteiger partial charge < -0.3 is 10.2 Å². The fourth-order valence-corrected chi connectivity index (χ4v) is 10.2. The van der Waals surface area contributed by atoms with Gasteiger partial charge in [0.05, 0.1) is 6.10 Å². The molecule has 4 unspecified atom stereocenters. The Bertz CT molecular complexity index is 1140. The van der Waals surface area contributed by atoms with Gasteiger partial charge in [-0.25, -0.2) is 0 Å². The number of rotatable bonds is 14. The normalized spacial score (nSPS) is 31.1. The highest BCUT2D eigenvalue weighted by molar-refractivity contribution is 7.99. The fourth-order valence-electron chi connectivity index (χ4n) is 9.25. The van der Waals surface area contributed by atoms with Crippen LogP contribution in [0.25, 0.3) is 0 Å². The van der Waals surface area contributed by atoms with Gasteiger partial charge in [0, 0.05) is 23.3 Å². The Morgan fingerprint density at radius 1 is 0.930 bits per heavy atom. The van der Waals surface area contributed by atoms with Gasteiger partial charge in [-0.2, -0.15) is 33.7 Å². The summed E-state index contributed by atoms with van der Waals surface area (Å²) >= 11 is 1.44. The molecule has 3 saturated carbocycles. The van der Waals surface area contributed by atoms with Crippen LogP contribution in [0.2, 0.25) is 0 Å². The summed E-state index contributed by atoms with van der Waals surface area (Å²) in [6.07, 6.45) is 6.13. The molecule has 0 saturated heterocycles. The molecule has 242 valence electrons. The van der Waals surface area contributed by atoms with Crippen molar-refractivity contribution >= 4 is 17.5 Å². The van der Waals surface area contributed by atoms with Gasteiger partial charge >= 0.3 is 12.1 Å². The monoisotopic (exact) mass is 630 g/mol. The minimum atomic E-state index is -5.46. The topological polar surface area (TPSA) is 57.5 Å². The number of carbonyl (C=O) groups is 1. The van der Waals surface area contributed by atoms with Crippen LogP contribution in [0.4, 0.5) is 22.0 Å². The number of carbonyl (C=O) groups excluding carboxylic acids is 1. The van der Waals surface area contributed by atoms with Crippen LogP contribution in [-0.4, -0.2) is 45.7 Å². The number of halogens is 5. The van der Waals surface area contributed by atoms with Crippen LogP contribution in [0.3, 0.4) is 0 Å². The van der Waals surface area contributed by atoms with Crippen LogP contribution in [-0.2, 0) is 0 Å². The summed E-state index contributed by atoms with van der Waals surface area (Å²) in [4.78, 5) is 13.9. The van der Waals surface area contributed by atoms with E-state index in [1.165, 1.54) is 11.8 Å². The molecule has 0 aliphatic heterocycles. The fraction of sp³-hybridized carbons (Fsp3) is 0.794. The Morgan fingerprint density at radius 2 is 1.58 bits per heavy atom. The number of hydrogen-bond donors (Lipinski definition) is 2. The number of phenols is 1. The van der Waals surface area contributed by atoms with Crippen LogP contribution in [0.5, 0.6) is 5.75 Å². The van der Waals surface area contributed by atoms with E-state index in [0.29, 0.717) is 23.2 Å². The van der Waals surface area contributed by atoms with Crippen LogP contribution in [0.15, 0.2) is 18.2 Å². The Balaban J connectivity index is 1.05. The molecule has 1 aromatic carbocycles. The predicted molar refractivity (Wildman–Crippen MR) is 160 cm³/mol. The van der Waals surface area contributed by atoms with Crippen molar-refractivity contribution in [2.45, 2.75) is 127 Å². The molecule has 1 spiro atoms. The van der Waals surface area contributed by atoms with Crippen LogP contribution < -0.4 is 0 Å². The highest BCUT2D eigenvalue weighted by Gasteiger charge is 2.71. The van der Waals surface area contributed by atoms with Crippen LogP contribution in [0.1, 0.15) is 125 Å². The first-order valence-corrected chi connectivity index (χ1v) is 17.6. The molecule has 5 rings (SSSR count). The quantitative estimate of drug-likeness (QED) is 0.159. The lowest BCUT2D eigenvalue weighted by atomic mass is 9.50. The van der Waals surface area contributed by atoms with E-state index in [0.717, 1.165) is 94.8 Å². The number of aliphatic hydroxyl groups excluding tert-OH is 1. The van der Waals surface area contributed by atoms with Gasteiger partial charge in [-0.15, -0.1) is 0 Å². The number of alkyl halides is 5. The van der Waals surface area contributed by atoms with Gasteiger partial charge in [-0.3, -0.25) is 4.79 Å². The molecule has 2 N–H and O–H groups in total. The van der Waals surface area contributed by atoms with Crippen molar-refractivity contribution in [3.05, 3.63) is 29.3 Å². The van der Waals surface area contributed by atoms with E-state index in [1.807, 2.05) is 6.07 Å². The third-order valence-corrected chi connectivity index (χ3v) is 12.9. The second-order valence-electron chi connectivity index (χ2n) is 14.1. The number of fused-ring (bicyclic) bond motifs is 6. The average Bonchev–Trinajstić information content (AvgIpc) is 3.73. The number of unbranched alkanes of at least 4 members (excludes halogenated alkanes) is 6. The van der Waals surface area contributed by atoms with Gasteiger partial charge in [-0.1, -0.05) is 51.5 Å². The first kappa shape index (κ1) is 33.0. The van der Waals surface area contributed by atoms with Crippen LogP contribution in [0, 0.1) is 28.6 Å². The van der Waals surface area contributed by atoms with E-state index in [9.17, 15) is 37.0 Å². The smallest absolute Gasteiger partial charge is 0.453 e. The number of aliphatic hydroxyl groups is 1. The number of ketones is 1. The van der Waals surface area contributed by atoms with E-state index < -0.39 is 18.5 Å². The molecule has 1 aromatic rings. The van der Waals surface area contributed by atoms with Crippen molar-refractivity contribution in [2.75, 3.05) is 11.5 Å². The minimum absolute atomic E-state index is 0.0474. The summed E-state index contributed by atoms with van der Waals surface area (Å²) in [5.41, 5.74) is 1.93. The van der Waals surface area contributed by atoms with Gasteiger partial charge in [0.1, 0.15) is 5.75 Å². The minimum Gasteiger partial charge on any atom is -0.508 e. The maximum atomic E-state index is 13.9. The number of phenolic OH excluding ortho intramolecular Hbond substituents is 1. The molecule has 43 heavy (non-hydrogen) atoms. The molecule has 4 aliphatic rings. The third kappa shape index (κ3) is 6.37. The summed E-state index contributed by atoms with van der Waals surface area (Å²) in [5.74, 6) is -2.37. The maximum absolute atomic E-state index is 13.9. The molecule has 4 aliphatic carbocycles. The van der Waals surface area contributed by atoms with E-state index in [1.54, 1.807) is 12.1 Å². The van der Waals surface area contributed by atoms with Gasteiger partial charge in [0.2, 0.25) is 0 Å². The molecule has 9 heteroatoms. The van der Waals surface area contributed by atoms with E-state index >= 15 is 0 Å². The van der Waals surface area contributed by atoms with E-state index in [4.69, 9.17) is 0 Å². The number of hydrogen-bond acceptors (Lipinski definition) is 4.